The molecule has 1 nitrogen and oxygen atoms in total. The molecule has 0 aliphatic carbocycles. The molecule has 0 aromatic heterocycles. The molecular formula is C14H24ClNS. The van der Waals surface area contributed by atoms with Crippen LogP contribution in [0.2, 0.25) is 0 Å². The van der Waals surface area contributed by atoms with Gasteiger partial charge in [-0.2, -0.15) is 0 Å². The Morgan fingerprint density at radius 3 is 2.18 bits per heavy atom. The smallest absolute Gasteiger partial charge is 0.0294 e. The van der Waals surface area contributed by atoms with Crippen molar-refractivity contribution in [2.24, 2.45) is 11.7 Å². The molecule has 0 amide bonds. The van der Waals surface area contributed by atoms with Gasteiger partial charge in [-0.3, -0.25) is 0 Å². The number of nitrogens with two attached hydrogens (primary N) is 1. The summed E-state index contributed by atoms with van der Waals surface area (Å²) in [4.78, 5) is 1.34. The van der Waals surface area contributed by atoms with Gasteiger partial charge in [0.25, 0.3) is 0 Å². The third kappa shape index (κ3) is 6.35. The van der Waals surface area contributed by atoms with Crippen molar-refractivity contribution in [3.63, 3.8) is 0 Å². The summed E-state index contributed by atoms with van der Waals surface area (Å²) in [5, 5.41) is 0. The Hall–Kier alpha value is -0.180. The fourth-order valence-electron chi connectivity index (χ4n) is 1.66. The van der Waals surface area contributed by atoms with Gasteiger partial charge < -0.3 is 5.73 Å². The van der Waals surface area contributed by atoms with E-state index >= 15 is 0 Å². The topological polar surface area (TPSA) is 26.0 Å². The largest absolute Gasteiger partial charge is 0.324 e. The van der Waals surface area contributed by atoms with Gasteiger partial charge in [0.2, 0.25) is 0 Å². The summed E-state index contributed by atoms with van der Waals surface area (Å²) in [6.07, 6.45) is 2.28. The lowest BCUT2D eigenvalue weighted by Gasteiger charge is -2.13. The van der Waals surface area contributed by atoms with E-state index in [1.54, 1.807) is 0 Å². The van der Waals surface area contributed by atoms with Gasteiger partial charge in [-0.05, 0) is 42.2 Å². The van der Waals surface area contributed by atoms with Crippen molar-refractivity contribution in [2.45, 2.75) is 44.6 Å². The fraction of sp³-hybridized carbons (Fsp3) is 0.571. The third-order valence-corrected chi connectivity index (χ3v) is 3.57. The lowest BCUT2D eigenvalue weighted by Crippen LogP contribution is -2.11. The summed E-state index contributed by atoms with van der Waals surface area (Å²) >= 11 is 1.87. The third-order valence-electron chi connectivity index (χ3n) is 2.67. The zero-order chi connectivity index (χ0) is 12.0. The van der Waals surface area contributed by atoms with Crippen LogP contribution in [0.3, 0.4) is 0 Å². The predicted molar refractivity (Wildman–Crippen MR) is 81.1 cm³/mol. The molecule has 0 fully saturated rings. The first-order chi connectivity index (χ1) is 7.63. The lowest BCUT2D eigenvalue weighted by molar-refractivity contribution is 0.507. The second-order valence-electron chi connectivity index (χ2n) is 4.58. The lowest BCUT2D eigenvalue weighted by atomic mass is 9.98. The van der Waals surface area contributed by atoms with Gasteiger partial charge in [-0.1, -0.05) is 32.9 Å². The van der Waals surface area contributed by atoms with Crippen molar-refractivity contribution < 1.29 is 0 Å². The molecule has 0 heterocycles. The zero-order valence-corrected chi connectivity index (χ0v) is 12.6. The van der Waals surface area contributed by atoms with E-state index in [4.69, 9.17) is 5.73 Å². The first-order valence-electron chi connectivity index (χ1n) is 6.11. The van der Waals surface area contributed by atoms with Gasteiger partial charge in [0.1, 0.15) is 0 Å². The highest BCUT2D eigenvalue weighted by molar-refractivity contribution is 7.99. The minimum atomic E-state index is 0. The minimum Gasteiger partial charge on any atom is -0.324 e. The molecule has 98 valence electrons. The van der Waals surface area contributed by atoms with E-state index in [1.807, 2.05) is 11.8 Å². The molecule has 3 heteroatoms. The molecule has 0 aliphatic heterocycles. The summed E-state index contributed by atoms with van der Waals surface area (Å²) in [5.41, 5.74) is 7.43. The van der Waals surface area contributed by atoms with Crippen molar-refractivity contribution in [3.8, 4) is 0 Å². The van der Waals surface area contributed by atoms with Crippen LogP contribution in [0.1, 0.15) is 45.2 Å². The van der Waals surface area contributed by atoms with Crippen LogP contribution in [-0.2, 0) is 0 Å². The standard InChI is InChI=1S/C14H23NS.ClH/c1-4-16-13-8-6-12(7-9-13)14(15)10-5-11(2)3;/h6-9,11,14H,4-5,10,15H2,1-3H3;1H/t14-;/m0./s1. The van der Waals surface area contributed by atoms with Crippen molar-refractivity contribution in [2.75, 3.05) is 5.75 Å². The van der Waals surface area contributed by atoms with Crippen molar-refractivity contribution in [3.05, 3.63) is 29.8 Å². The maximum atomic E-state index is 6.16. The summed E-state index contributed by atoms with van der Waals surface area (Å²) in [6.45, 7) is 6.66. The monoisotopic (exact) mass is 273 g/mol. The SMILES string of the molecule is CCSc1ccc([C@@H](N)CCC(C)C)cc1.Cl. The molecule has 0 unspecified atom stereocenters. The fourth-order valence-corrected chi connectivity index (χ4v) is 2.32. The van der Waals surface area contributed by atoms with Crippen molar-refractivity contribution in [1.82, 2.24) is 0 Å². The van der Waals surface area contributed by atoms with Crippen molar-refractivity contribution in [1.29, 1.82) is 0 Å². The van der Waals surface area contributed by atoms with Gasteiger partial charge in [0.15, 0.2) is 0 Å². The number of hydrogen-bond acceptors (Lipinski definition) is 2. The number of halogens is 1. The first-order valence-corrected chi connectivity index (χ1v) is 7.10. The average Bonchev–Trinajstić information content (AvgIpc) is 2.27. The molecule has 17 heavy (non-hydrogen) atoms. The first kappa shape index (κ1) is 16.8. The van der Waals surface area contributed by atoms with Crippen LogP contribution >= 0.6 is 24.2 Å². The number of rotatable bonds is 6. The molecular weight excluding hydrogens is 250 g/mol. The Labute approximate surface area is 116 Å². The molecule has 1 rings (SSSR count). The Balaban J connectivity index is 0.00000256. The van der Waals surface area contributed by atoms with Crippen LogP contribution < -0.4 is 5.73 Å². The molecule has 1 atom stereocenters. The van der Waals surface area contributed by atoms with Crippen LogP contribution in [0.4, 0.5) is 0 Å². The highest BCUT2D eigenvalue weighted by Crippen LogP contribution is 2.22. The highest BCUT2D eigenvalue weighted by atomic mass is 35.5. The predicted octanol–water partition coefficient (Wildman–Crippen LogP) is 4.66. The van der Waals surface area contributed by atoms with Crippen molar-refractivity contribution >= 4 is 24.2 Å². The molecule has 0 bridgehead atoms. The average molecular weight is 274 g/mol. The molecule has 2 N–H and O–H groups in total. The molecule has 1 aromatic rings. The van der Waals surface area contributed by atoms with E-state index in [9.17, 15) is 0 Å². The van der Waals surface area contributed by atoms with Gasteiger partial charge in [-0.15, -0.1) is 24.2 Å². The van der Waals surface area contributed by atoms with Gasteiger partial charge in [0, 0.05) is 10.9 Å². The summed E-state index contributed by atoms with van der Waals surface area (Å²) in [7, 11) is 0. The van der Waals surface area contributed by atoms with E-state index in [1.165, 1.54) is 16.9 Å². The van der Waals surface area contributed by atoms with Gasteiger partial charge in [-0.25, -0.2) is 0 Å². The second-order valence-corrected chi connectivity index (χ2v) is 5.92. The number of hydrogen-bond donors (Lipinski definition) is 1. The maximum Gasteiger partial charge on any atom is 0.0294 e. The minimum absolute atomic E-state index is 0. The van der Waals surface area contributed by atoms with Crippen LogP contribution in [0, 0.1) is 5.92 Å². The Morgan fingerprint density at radius 2 is 1.71 bits per heavy atom. The van der Waals surface area contributed by atoms with Gasteiger partial charge >= 0.3 is 0 Å². The van der Waals surface area contributed by atoms with E-state index in [0.717, 1.165) is 18.1 Å². The number of thioether (sulfide) groups is 1. The van der Waals surface area contributed by atoms with Gasteiger partial charge in [0.05, 0.1) is 0 Å². The van der Waals surface area contributed by atoms with Crippen LogP contribution in [-0.4, -0.2) is 5.75 Å². The van der Waals surface area contributed by atoms with Crippen LogP contribution in [0.25, 0.3) is 0 Å². The van der Waals surface area contributed by atoms with E-state index < -0.39 is 0 Å². The summed E-state index contributed by atoms with van der Waals surface area (Å²) in [5.74, 6) is 1.86. The number of benzene rings is 1. The zero-order valence-electron chi connectivity index (χ0n) is 11.0. The molecule has 0 spiro atoms. The summed E-state index contributed by atoms with van der Waals surface area (Å²) < 4.78 is 0. The molecule has 0 radical (unpaired) electrons. The quantitative estimate of drug-likeness (QED) is 0.763. The molecule has 1 aromatic carbocycles. The second kappa shape index (κ2) is 8.84. The Bertz CT molecular complexity index is 298. The van der Waals surface area contributed by atoms with E-state index in [-0.39, 0.29) is 18.4 Å². The Kier molecular flexibility index (Phi) is 8.75. The van der Waals surface area contributed by atoms with E-state index in [0.29, 0.717) is 0 Å². The highest BCUT2D eigenvalue weighted by Gasteiger charge is 2.06. The maximum absolute atomic E-state index is 6.16. The van der Waals surface area contributed by atoms with Crippen LogP contribution in [0.5, 0.6) is 0 Å². The van der Waals surface area contributed by atoms with Crippen LogP contribution in [0.15, 0.2) is 29.2 Å². The van der Waals surface area contributed by atoms with E-state index in [2.05, 4.69) is 45.0 Å². The molecule has 0 aliphatic rings. The Morgan fingerprint density at radius 1 is 1.12 bits per heavy atom. The molecule has 0 saturated heterocycles. The molecule has 0 saturated carbocycles. The normalized spacial score (nSPS) is 12.3. The summed E-state index contributed by atoms with van der Waals surface area (Å²) in [6, 6.07) is 8.90.